The van der Waals surface area contributed by atoms with Gasteiger partial charge in [-0.3, -0.25) is 9.59 Å². The van der Waals surface area contributed by atoms with E-state index in [-0.39, 0.29) is 18.4 Å². The van der Waals surface area contributed by atoms with Gasteiger partial charge in [0.2, 0.25) is 11.8 Å². The van der Waals surface area contributed by atoms with Crippen molar-refractivity contribution in [1.29, 1.82) is 0 Å². The van der Waals surface area contributed by atoms with Crippen LogP contribution < -0.4 is 11.5 Å². The largest absolute Gasteiger partial charge is 0.381 e. The van der Waals surface area contributed by atoms with Crippen molar-refractivity contribution in [1.82, 2.24) is 4.90 Å². The Morgan fingerprint density at radius 2 is 2.00 bits per heavy atom. The van der Waals surface area contributed by atoms with Gasteiger partial charge in [0.1, 0.15) is 0 Å². The molecule has 1 heterocycles. The molecule has 1 saturated heterocycles. The number of rotatable bonds is 4. The molecule has 0 radical (unpaired) electrons. The van der Waals surface area contributed by atoms with Crippen LogP contribution in [0.15, 0.2) is 0 Å². The van der Waals surface area contributed by atoms with Crippen LogP contribution in [0.1, 0.15) is 19.3 Å². The number of ether oxygens (including phenoxy) is 1. The number of amides is 2. The molecule has 0 aromatic heterocycles. The molecule has 0 aliphatic carbocycles. The SMILES string of the molecule is COC1CCN(C(=O)C(N)CC(N)=O)CC1. The second-order valence-corrected chi connectivity index (χ2v) is 4.04. The van der Waals surface area contributed by atoms with Crippen LogP contribution >= 0.6 is 0 Å². The van der Waals surface area contributed by atoms with Gasteiger partial charge in [-0.2, -0.15) is 0 Å². The smallest absolute Gasteiger partial charge is 0.240 e. The molecule has 1 atom stereocenters. The van der Waals surface area contributed by atoms with Crippen molar-refractivity contribution in [3.63, 3.8) is 0 Å². The first-order valence-corrected chi connectivity index (χ1v) is 5.40. The maximum atomic E-state index is 11.8. The lowest BCUT2D eigenvalue weighted by Crippen LogP contribution is -2.49. The number of hydrogen-bond donors (Lipinski definition) is 2. The zero-order valence-corrected chi connectivity index (χ0v) is 9.52. The molecule has 6 nitrogen and oxygen atoms in total. The van der Waals surface area contributed by atoms with E-state index in [4.69, 9.17) is 16.2 Å². The van der Waals surface area contributed by atoms with Gasteiger partial charge < -0.3 is 21.1 Å². The highest BCUT2D eigenvalue weighted by molar-refractivity contribution is 5.87. The van der Waals surface area contributed by atoms with E-state index in [2.05, 4.69) is 0 Å². The van der Waals surface area contributed by atoms with Gasteiger partial charge >= 0.3 is 0 Å². The van der Waals surface area contributed by atoms with Gasteiger partial charge in [0, 0.05) is 20.2 Å². The number of piperidine rings is 1. The molecule has 1 unspecified atom stereocenters. The Bertz CT molecular complexity index is 262. The summed E-state index contributed by atoms with van der Waals surface area (Å²) in [5.41, 5.74) is 10.6. The molecule has 1 fully saturated rings. The van der Waals surface area contributed by atoms with Crippen LogP contribution in [0.25, 0.3) is 0 Å². The Balaban J connectivity index is 2.40. The summed E-state index contributed by atoms with van der Waals surface area (Å²) in [6.45, 7) is 1.26. The van der Waals surface area contributed by atoms with Crippen LogP contribution in [0, 0.1) is 0 Å². The summed E-state index contributed by atoms with van der Waals surface area (Å²) in [6, 6.07) is -0.809. The van der Waals surface area contributed by atoms with Gasteiger partial charge in [0.15, 0.2) is 0 Å². The Kier molecular flexibility index (Phi) is 4.70. The molecular formula is C10H19N3O3. The number of primary amides is 1. The quantitative estimate of drug-likeness (QED) is 0.634. The van der Waals surface area contributed by atoms with Crippen molar-refractivity contribution in [2.75, 3.05) is 20.2 Å². The summed E-state index contributed by atoms with van der Waals surface area (Å²) in [5, 5.41) is 0. The molecule has 0 aromatic carbocycles. The monoisotopic (exact) mass is 229 g/mol. The molecule has 92 valence electrons. The molecule has 0 aromatic rings. The number of nitrogens with two attached hydrogens (primary N) is 2. The normalized spacial score (nSPS) is 19.5. The third-order valence-electron chi connectivity index (χ3n) is 2.83. The van der Waals surface area contributed by atoms with E-state index < -0.39 is 11.9 Å². The van der Waals surface area contributed by atoms with Crippen molar-refractivity contribution in [2.24, 2.45) is 11.5 Å². The van der Waals surface area contributed by atoms with E-state index in [1.807, 2.05) is 0 Å². The van der Waals surface area contributed by atoms with Crippen molar-refractivity contribution in [3.8, 4) is 0 Å². The predicted molar refractivity (Wildman–Crippen MR) is 58.4 cm³/mol. The highest BCUT2D eigenvalue weighted by Crippen LogP contribution is 2.13. The molecule has 1 aliphatic heterocycles. The number of hydrogen-bond acceptors (Lipinski definition) is 4. The standard InChI is InChI=1S/C10H19N3O3/c1-16-7-2-4-13(5-3-7)10(15)8(11)6-9(12)14/h7-8H,2-6,11H2,1H3,(H2,12,14). The van der Waals surface area contributed by atoms with Crippen molar-refractivity contribution in [3.05, 3.63) is 0 Å². The Morgan fingerprint density at radius 1 is 1.44 bits per heavy atom. The molecule has 16 heavy (non-hydrogen) atoms. The van der Waals surface area contributed by atoms with E-state index in [9.17, 15) is 9.59 Å². The van der Waals surface area contributed by atoms with Crippen LogP contribution in [0.4, 0.5) is 0 Å². The number of likely N-dealkylation sites (tertiary alicyclic amines) is 1. The first-order valence-electron chi connectivity index (χ1n) is 5.40. The van der Waals surface area contributed by atoms with Crippen LogP contribution in [-0.2, 0) is 14.3 Å². The van der Waals surface area contributed by atoms with Gasteiger partial charge in [-0.05, 0) is 12.8 Å². The second-order valence-electron chi connectivity index (χ2n) is 4.04. The van der Waals surface area contributed by atoms with Crippen LogP contribution in [0.3, 0.4) is 0 Å². The number of nitrogens with zero attached hydrogens (tertiary/aromatic N) is 1. The second kappa shape index (κ2) is 5.81. The Morgan fingerprint density at radius 3 is 2.44 bits per heavy atom. The summed E-state index contributed by atoms with van der Waals surface area (Å²) in [6.07, 6.45) is 1.75. The maximum Gasteiger partial charge on any atom is 0.240 e. The fourth-order valence-electron chi connectivity index (χ4n) is 1.85. The van der Waals surface area contributed by atoms with E-state index in [1.54, 1.807) is 12.0 Å². The van der Waals surface area contributed by atoms with Crippen LogP contribution in [0.2, 0.25) is 0 Å². The fourth-order valence-corrected chi connectivity index (χ4v) is 1.85. The average molecular weight is 229 g/mol. The zero-order valence-electron chi connectivity index (χ0n) is 9.52. The van der Waals surface area contributed by atoms with E-state index in [0.29, 0.717) is 13.1 Å². The highest BCUT2D eigenvalue weighted by Gasteiger charge is 2.26. The van der Waals surface area contributed by atoms with Gasteiger partial charge in [-0.1, -0.05) is 0 Å². The van der Waals surface area contributed by atoms with Gasteiger partial charge in [-0.15, -0.1) is 0 Å². The lowest BCUT2D eigenvalue weighted by Gasteiger charge is -2.32. The van der Waals surface area contributed by atoms with Crippen LogP contribution in [-0.4, -0.2) is 49.1 Å². The maximum absolute atomic E-state index is 11.8. The number of carbonyl (C=O) groups excluding carboxylic acids is 2. The molecule has 4 N–H and O–H groups in total. The highest BCUT2D eigenvalue weighted by atomic mass is 16.5. The van der Waals surface area contributed by atoms with Crippen LogP contribution in [0.5, 0.6) is 0 Å². The first kappa shape index (κ1) is 12.9. The minimum absolute atomic E-state index is 0.0942. The lowest BCUT2D eigenvalue weighted by molar-refractivity contribution is -0.136. The molecule has 2 amide bonds. The van der Waals surface area contributed by atoms with E-state index >= 15 is 0 Å². The minimum atomic E-state index is -0.809. The van der Waals surface area contributed by atoms with Gasteiger partial charge in [0.05, 0.1) is 18.6 Å². The summed E-state index contributed by atoms with van der Waals surface area (Å²) < 4.78 is 5.20. The van der Waals surface area contributed by atoms with Crippen molar-refractivity contribution in [2.45, 2.75) is 31.4 Å². The summed E-state index contributed by atoms with van der Waals surface area (Å²) in [7, 11) is 1.67. The summed E-state index contributed by atoms with van der Waals surface area (Å²) >= 11 is 0. The van der Waals surface area contributed by atoms with Crippen molar-refractivity contribution >= 4 is 11.8 Å². The molecular weight excluding hydrogens is 210 g/mol. The minimum Gasteiger partial charge on any atom is -0.381 e. The van der Waals surface area contributed by atoms with E-state index in [0.717, 1.165) is 12.8 Å². The fraction of sp³-hybridized carbons (Fsp3) is 0.800. The summed E-state index contributed by atoms with van der Waals surface area (Å²) in [4.78, 5) is 24.1. The zero-order chi connectivity index (χ0) is 12.1. The lowest BCUT2D eigenvalue weighted by atomic mass is 10.1. The topological polar surface area (TPSA) is 98.7 Å². The Hall–Kier alpha value is -1.14. The molecule has 1 rings (SSSR count). The number of methoxy groups -OCH3 is 1. The summed E-state index contributed by atoms with van der Waals surface area (Å²) in [5.74, 6) is -0.749. The predicted octanol–water partition coefficient (Wildman–Crippen LogP) is -1.17. The van der Waals surface area contributed by atoms with Crippen molar-refractivity contribution < 1.29 is 14.3 Å². The molecule has 0 saturated carbocycles. The van der Waals surface area contributed by atoms with E-state index in [1.165, 1.54) is 0 Å². The molecule has 6 heteroatoms. The molecule has 1 aliphatic rings. The Labute approximate surface area is 94.9 Å². The third-order valence-corrected chi connectivity index (χ3v) is 2.83. The molecule has 0 spiro atoms. The van der Waals surface area contributed by atoms with Gasteiger partial charge in [-0.25, -0.2) is 0 Å². The number of carbonyl (C=O) groups is 2. The average Bonchev–Trinajstić information content (AvgIpc) is 2.27. The third kappa shape index (κ3) is 3.46. The molecule has 0 bridgehead atoms. The van der Waals surface area contributed by atoms with Gasteiger partial charge in [0.25, 0.3) is 0 Å². The first-order chi connectivity index (χ1) is 7.54.